The van der Waals surface area contributed by atoms with Crippen LogP contribution < -0.4 is 0 Å². The topological polar surface area (TPSA) is 63.7 Å². The van der Waals surface area contributed by atoms with Gasteiger partial charge in [-0.05, 0) is 61.4 Å². The zero-order valence-electron chi connectivity index (χ0n) is 20.0. The Balaban J connectivity index is 1.57. The molecule has 3 aromatic rings. The molecule has 6 heteroatoms. The zero-order valence-corrected chi connectivity index (χ0v) is 20.0. The minimum Gasteiger partial charge on any atom is -0.468 e. The number of carbonyl (C=O) groups excluding carboxylic acids is 1. The largest absolute Gasteiger partial charge is 0.468 e. The fourth-order valence-electron chi connectivity index (χ4n) is 4.70. The lowest BCUT2D eigenvalue weighted by Crippen LogP contribution is -2.47. The Labute approximate surface area is 202 Å². The molecule has 0 bridgehead atoms. The van der Waals surface area contributed by atoms with Crippen LogP contribution in [0.1, 0.15) is 52.7 Å². The van der Waals surface area contributed by atoms with Crippen LogP contribution in [-0.2, 0) is 6.54 Å². The summed E-state index contributed by atoms with van der Waals surface area (Å²) in [5, 5.41) is 9.46. The summed E-state index contributed by atoms with van der Waals surface area (Å²) in [7, 11) is 0. The van der Waals surface area contributed by atoms with E-state index >= 15 is 0 Å². The lowest BCUT2D eigenvalue weighted by molar-refractivity contribution is 0.0772. The molecule has 1 amide bonds. The molecule has 2 aromatic carbocycles. The predicted molar refractivity (Wildman–Crippen MR) is 132 cm³/mol. The maximum atomic E-state index is 12.8. The van der Waals surface area contributed by atoms with E-state index in [2.05, 4.69) is 34.1 Å². The maximum Gasteiger partial charge on any atom is 0.253 e. The van der Waals surface area contributed by atoms with Crippen molar-refractivity contribution in [1.29, 1.82) is 5.26 Å². The van der Waals surface area contributed by atoms with Crippen molar-refractivity contribution in [3.8, 4) is 6.07 Å². The minimum absolute atomic E-state index is 0.0247. The molecule has 0 saturated carbocycles. The van der Waals surface area contributed by atoms with E-state index in [0.717, 1.165) is 49.6 Å². The molecule has 6 nitrogen and oxygen atoms in total. The van der Waals surface area contributed by atoms with E-state index in [1.54, 1.807) is 6.26 Å². The van der Waals surface area contributed by atoms with E-state index < -0.39 is 0 Å². The first-order chi connectivity index (χ1) is 16.6. The number of benzene rings is 2. The fourth-order valence-corrected chi connectivity index (χ4v) is 4.70. The molecule has 1 fully saturated rings. The molecule has 0 N–H and O–H groups in total. The highest BCUT2D eigenvalue weighted by Gasteiger charge is 2.27. The lowest BCUT2D eigenvalue weighted by atomic mass is 9.94. The van der Waals surface area contributed by atoms with Gasteiger partial charge in [-0.2, -0.15) is 5.26 Å². The van der Waals surface area contributed by atoms with Gasteiger partial charge in [-0.3, -0.25) is 14.6 Å². The summed E-state index contributed by atoms with van der Waals surface area (Å²) in [5.41, 5.74) is 3.60. The maximum absolute atomic E-state index is 12.8. The number of piperazine rings is 1. The molecule has 1 aliphatic heterocycles. The van der Waals surface area contributed by atoms with Crippen molar-refractivity contribution in [2.45, 2.75) is 26.4 Å². The Kier molecular flexibility index (Phi) is 7.79. The Hall–Kier alpha value is -3.40. The molecule has 0 aliphatic carbocycles. The van der Waals surface area contributed by atoms with Crippen molar-refractivity contribution in [1.82, 2.24) is 14.7 Å². The van der Waals surface area contributed by atoms with E-state index in [1.165, 1.54) is 0 Å². The Morgan fingerprint density at radius 2 is 1.74 bits per heavy atom. The first-order valence-corrected chi connectivity index (χ1v) is 12.0. The number of nitrogens with zero attached hydrogens (tertiary/aromatic N) is 4. The van der Waals surface area contributed by atoms with Crippen LogP contribution in [-0.4, -0.2) is 59.9 Å². The molecule has 34 heavy (non-hydrogen) atoms. The minimum atomic E-state index is 0.0247. The first kappa shape index (κ1) is 23.7. The van der Waals surface area contributed by atoms with Crippen LogP contribution in [0.5, 0.6) is 0 Å². The normalized spacial score (nSPS) is 15.6. The number of hydrogen-bond donors (Lipinski definition) is 0. The average Bonchev–Trinajstić information content (AvgIpc) is 3.39. The molecule has 1 atom stereocenters. The monoisotopic (exact) mass is 456 g/mol. The molecule has 1 aliphatic rings. The third kappa shape index (κ3) is 5.39. The number of rotatable bonds is 8. The Morgan fingerprint density at radius 3 is 2.35 bits per heavy atom. The first-order valence-electron chi connectivity index (χ1n) is 12.0. The zero-order chi connectivity index (χ0) is 23.9. The summed E-state index contributed by atoms with van der Waals surface area (Å²) in [4.78, 5) is 19.5. The molecule has 176 valence electrons. The molecule has 1 aromatic heterocycles. The number of carbonyl (C=O) groups is 1. The Bertz CT molecular complexity index is 1110. The second-order valence-electron chi connectivity index (χ2n) is 8.63. The molecule has 1 unspecified atom stereocenters. The van der Waals surface area contributed by atoms with Gasteiger partial charge in [0.2, 0.25) is 0 Å². The van der Waals surface area contributed by atoms with Crippen LogP contribution >= 0.6 is 0 Å². The molecule has 0 spiro atoms. The standard InChI is InChI=1S/C28H32N4O2/c1-3-31(4-2)28(33)24-12-10-23(11-13-24)27(25-8-5-7-22(19-25)20-29)32-16-14-30(15-17-32)21-26-9-6-18-34-26/h5-13,18-19,27H,3-4,14-17,21H2,1-2H3. The number of nitriles is 1. The second-order valence-corrected chi connectivity index (χ2v) is 8.63. The van der Waals surface area contributed by atoms with Crippen LogP contribution in [0.15, 0.2) is 71.3 Å². The van der Waals surface area contributed by atoms with Crippen molar-refractivity contribution in [2.75, 3.05) is 39.3 Å². The van der Waals surface area contributed by atoms with Gasteiger partial charge in [0.05, 0.1) is 30.5 Å². The van der Waals surface area contributed by atoms with Crippen molar-refractivity contribution in [2.24, 2.45) is 0 Å². The van der Waals surface area contributed by atoms with Crippen molar-refractivity contribution in [3.63, 3.8) is 0 Å². The lowest BCUT2D eigenvalue weighted by Gasteiger charge is -2.39. The summed E-state index contributed by atoms with van der Waals surface area (Å²) >= 11 is 0. The molecular formula is C28H32N4O2. The van der Waals surface area contributed by atoms with Gasteiger partial charge in [0.15, 0.2) is 0 Å². The highest BCUT2D eigenvalue weighted by molar-refractivity contribution is 5.94. The smallest absolute Gasteiger partial charge is 0.253 e. The third-order valence-electron chi connectivity index (χ3n) is 6.59. The van der Waals surface area contributed by atoms with Crippen molar-refractivity contribution >= 4 is 5.91 Å². The van der Waals surface area contributed by atoms with Gasteiger partial charge in [0.1, 0.15) is 5.76 Å². The van der Waals surface area contributed by atoms with Crippen molar-refractivity contribution < 1.29 is 9.21 Å². The third-order valence-corrected chi connectivity index (χ3v) is 6.59. The molecule has 0 radical (unpaired) electrons. The highest BCUT2D eigenvalue weighted by Crippen LogP contribution is 2.31. The van der Waals surface area contributed by atoms with Crippen LogP contribution in [0, 0.1) is 11.3 Å². The van der Waals surface area contributed by atoms with E-state index in [4.69, 9.17) is 4.42 Å². The molecular weight excluding hydrogens is 424 g/mol. The summed E-state index contributed by atoms with van der Waals surface area (Å²) in [6.45, 7) is 9.90. The molecule has 1 saturated heterocycles. The van der Waals surface area contributed by atoms with Gasteiger partial charge in [0, 0.05) is 44.8 Å². The van der Waals surface area contributed by atoms with Gasteiger partial charge in [-0.1, -0.05) is 24.3 Å². The van der Waals surface area contributed by atoms with E-state index in [1.807, 2.05) is 61.2 Å². The van der Waals surface area contributed by atoms with Crippen LogP contribution in [0.2, 0.25) is 0 Å². The van der Waals surface area contributed by atoms with Gasteiger partial charge >= 0.3 is 0 Å². The summed E-state index contributed by atoms with van der Waals surface area (Å²) in [5.74, 6) is 1.05. The van der Waals surface area contributed by atoms with E-state index in [9.17, 15) is 10.1 Å². The molecule has 2 heterocycles. The van der Waals surface area contributed by atoms with Crippen LogP contribution in [0.3, 0.4) is 0 Å². The van der Waals surface area contributed by atoms with Gasteiger partial charge in [-0.15, -0.1) is 0 Å². The SMILES string of the molecule is CCN(CC)C(=O)c1ccc(C(c2cccc(C#N)c2)N2CCN(Cc3ccco3)CC2)cc1. The van der Waals surface area contributed by atoms with Crippen molar-refractivity contribution in [3.05, 3.63) is 94.9 Å². The quantitative estimate of drug-likeness (QED) is 0.498. The van der Waals surface area contributed by atoms with Gasteiger partial charge < -0.3 is 9.32 Å². The average molecular weight is 457 g/mol. The number of hydrogen-bond acceptors (Lipinski definition) is 5. The molecule has 4 rings (SSSR count). The highest BCUT2D eigenvalue weighted by atomic mass is 16.3. The van der Waals surface area contributed by atoms with Gasteiger partial charge in [-0.25, -0.2) is 0 Å². The summed E-state index contributed by atoms with van der Waals surface area (Å²) in [6.07, 6.45) is 1.72. The van der Waals surface area contributed by atoms with Gasteiger partial charge in [0.25, 0.3) is 5.91 Å². The Morgan fingerprint density at radius 1 is 1.00 bits per heavy atom. The predicted octanol–water partition coefficient (Wildman–Crippen LogP) is 4.54. The van der Waals surface area contributed by atoms with E-state index in [0.29, 0.717) is 24.2 Å². The summed E-state index contributed by atoms with van der Waals surface area (Å²) < 4.78 is 5.52. The van der Waals surface area contributed by atoms with Crippen LogP contribution in [0.25, 0.3) is 0 Å². The van der Waals surface area contributed by atoms with E-state index in [-0.39, 0.29) is 11.9 Å². The number of furan rings is 1. The second kappa shape index (κ2) is 11.1. The fraction of sp³-hybridized carbons (Fsp3) is 0.357. The van der Waals surface area contributed by atoms with Crippen LogP contribution in [0.4, 0.5) is 0 Å². The number of amides is 1. The summed E-state index contributed by atoms with van der Waals surface area (Å²) in [6, 6.07) is 22.1.